The average Bonchev–Trinajstić information content (AvgIpc) is 2.45. The molecule has 1 aromatic heterocycles. The third-order valence-electron chi connectivity index (χ3n) is 2.34. The van der Waals surface area contributed by atoms with Gasteiger partial charge in [-0.15, -0.1) is 11.3 Å². The van der Waals surface area contributed by atoms with Crippen molar-refractivity contribution in [3.8, 4) is 0 Å². The fraction of sp³-hybridized carbons (Fsp3) is 0.444. The Labute approximate surface area is 88.7 Å². The lowest BCUT2D eigenvalue weighted by Gasteiger charge is -2.33. The van der Waals surface area contributed by atoms with Gasteiger partial charge in [0.25, 0.3) is 0 Å². The Bertz CT molecular complexity index is 367. The third kappa shape index (κ3) is 1.68. The molecule has 1 aromatic rings. The summed E-state index contributed by atoms with van der Waals surface area (Å²) in [5, 5.41) is 1.69. The maximum absolute atomic E-state index is 12.5. The van der Waals surface area contributed by atoms with Gasteiger partial charge in [-0.2, -0.15) is 0 Å². The molecule has 2 rings (SSSR count). The van der Waals surface area contributed by atoms with E-state index in [0.717, 1.165) is 0 Å². The van der Waals surface area contributed by atoms with Crippen LogP contribution >= 0.6 is 22.9 Å². The molecule has 1 fully saturated rings. The molecular formula is C9H7ClF2OS. The Hall–Kier alpha value is -0.480. The molecule has 1 saturated carbocycles. The van der Waals surface area contributed by atoms with Crippen molar-refractivity contribution in [3.05, 3.63) is 21.3 Å². The molecular weight excluding hydrogens is 230 g/mol. The molecule has 76 valence electrons. The Balaban J connectivity index is 2.08. The number of halogens is 3. The molecule has 0 atom stereocenters. The van der Waals surface area contributed by atoms with Crippen molar-refractivity contribution in [3.63, 3.8) is 0 Å². The Morgan fingerprint density at radius 1 is 1.57 bits per heavy atom. The van der Waals surface area contributed by atoms with E-state index in [9.17, 15) is 13.6 Å². The Kier molecular flexibility index (Phi) is 2.35. The number of hydrogen-bond acceptors (Lipinski definition) is 2. The molecule has 0 bridgehead atoms. The number of rotatable bonds is 2. The molecule has 1 heterocycles. The highest BCUT2D eigenvalue weighted by atomic mass is 35.5. The van der Waals surface area contributed by atoms with Crippen LogP contribution in [0.15, 0.2) is 11.4 Å². The first-order valence-corrected chi connectivity index (χ1v) is 5.40. The monoisotopic (exact) mass is 236 g/mol. The van der Waals surface area contributed by atoms with Crippen LogP contribution in [0.25, 0.3) is 0 Å². The summed E-state index contributed by atoms with van der Waals surface area (Å²) in [7, 11) is 0. The minimum Gasteiger partial charge on any atom is -0.294 e. The quantitative estimate of drug-likeness (QED) is 0.717. The van der Waals surface area contributed by atoms with Crippen molar-refractivity contribution in [2.45, 2.75) is 18.8 Å². The summed E-state index contributed by atoms with van der Waals surface area (Å²) < 4.78 is 25.4. The summed E-state index contributed by atoms with van der Waals surface area (Å²) in [6, 6.07) is 1.59. The normalized spacial score (nSPS) is 20.5. The van der Waals surface area contributed by atoms with Gasteiger partial charge in [-0.05, 0) is 11.4 Å². The molecule has 1 aliphatic carbocycles. The van der Waals surface area contributed by atoms with Crippen molar-refractivity contribution in [1.82, 2.24) is 0 Å². The van der Waals surface area contributed by atoms with Gasteiger partial charge in [-0.3, -0.25) is 4.79 Å². The van der Waals surface area contributed by atoms with Gasteiger partial charge in [-0.25, -0.2) is 8.78 Å². The van der Waals surface area contributed by atoms with Crippen molar-refractivity contribution < 1.29 is 13.6 Å². The van der Waals surface area contributed by atoms with Gasteiger partial charge in [0.05, 0.1) is 0 Å². The van der Waals surface area contributed by atoms with Gasteiger partial charge in [0.15, 0.2) is 5.78 Å². The molecule has 1 aliphatic rings. The van der Waals surface area contributed by atoms with E-state index in [4.69, 9.17) is 11.6 Å². The third-order valence-corrected chi connectivity index (χ3v) is 3.51. The van der Waals surface area contributed by atoms with Crippen LogP contribution < -0.4 is 0 Å². The second-order valence-electron chi connectivity index (χ2n) is 3.43. The van der Waals surface area contributed by atoms with E-state index in [-0.39, 0.29) is 18.6 Å². The number of thiophene rings is 1. The van der Waals surface area contributed by atoms with Crippen molar-refractivity contribution >= 4 is 28.7 Å². The SMILES string of the molecule is O=C(c1ccsc1Cl)C1CC(F)(F)C1. The topological polar surface area (TPSA) is 17.1 Å². The average molecular weight is 237 g/mol. The van der Waals surface area contributed by atoms with E-state index in [1.165, 1.54) is 11.3 Å². The van der Waals surface area contributed by atoms with E-state index in [1.807, 2.05) is 0 Å². The van der Waals surface area contributed by atoms with Crippen molar-refractivity contribution in [2.75, 3.05) is 0 Å². The molecule has 0 unspecified atom stereocenters. The molecule has 0 saturated heterocycles. The van der Waals surface area contributed by atoms with Crippen LogP contribution in [0.4, 0.5) is 8.78 Å². The lowest BCUT2D eigenvalue weighted by atomic mass is 9.77. The number of carbonyl (C=O) groups excluding carboxylic acids is 1. The van der Waals surface area contributed by atoms with E-state index < -0.39 is 11.8 Å². The highest BCUT2D eigenvalue weighted by Crippen LogP contribution is 2.44. The predicted octanol–water partition coefficient (Wildman–Crippen LogP) is 3.63. The highest BCUT2D eigenvalue weighted by molar-refractivity contribution is 7.14. The van der Waals surface area contributed by atoms with Crippen LogP contribution in [0.2, 0.25) is 4.34 Å². The zero-order valence-electron chi connectivity index (χ0n) is 7.10. The summed E-state index contributed by atoms with van der Waals surface area (Å²) in [4.78, 5) is 11.6. The molecule has 5 heteroatoms. The summed E-state index contributed by atoms with van der Waals surface area (Å²) in [6.07, 6.45) is -0.671. The zero-order chi connectivity index (χ0) is 10.3. The molecule has 0 aromatic carbocycles. The molecule has 0 radical (unpaired) electrons. The molecule has 0 spiro atoms. The van der Waals surface area contributed by atoms with E-state index >= 15 is 0 Å². The minimum atomic E-state index is -2.65. The van der Waals surface area contributed by atoms with E-state index in [2.05, 4.69) is 0 Å². The largest absolute Gasteiger partial charge is 0.294 e. The zero-order valence-corrected chi connectivity index (χ0v) is 8.67. The van der Waals surface area contributed by atoms with Crippen LogP contribution in [-0.2, 0) is 0 Å². The Morgan fingerprint density at radius 2 is 2.21 bits per heavy atom. The fourth-order valence-electron chi connectivity index (χ4n) is 1.54. The van der Waals surface area contributed by atoms with Gasteiger partial charge in [0.1, 0.15) is 4.34 Å². The Morgan fingerprint density at radius 3 is 2.64 bits per heavy atom. The maximum atomic E-state index is 12.5. The summed E-state index contributed by atoms with van der Waals surface area (Å²) >= 11 is 6.98. The van der Waals surface area contributed by atoms with Gasteiger partial charge in [-0.1, -0.05) is 11.6 Å². The summed E-state index contributed by atoms with van der Waals surface area (Å²) in [5.74, 6) is -3.44. The van der Waals surface area contributed by atoms with Crippen molar-refractivity contribution in [1.29, 1.82) is 0 Å². The van der Waals surface area contributed by atoms with Crippen LogP contribution in [0.3, 0.4) is 0 Å². The highest BCUT2D eigenvalue weighted by Gasteiger charge is 2.48. The first-order valence-electron chi connectivity index (χ1n) is 4.15. The maximum Gasteiger partial charge on any atom is 0.249 e. The number of ketones is 1. The van der Waals surface area contributed by atoms with Crippen LogP contribution in [0.5, 0.6) is 0 Å². The smallest absolute Gasteiger partial charge is 0.249 e. The van der Waals surface area contributed by atoms with Gasteiger partial charge in [0.2, 0.25) is 5.92 Å². The second-order valence-corrected chi connectivity index (χ2v) is 4.95. The van der Waals surface area contributed by atoms with Crippen LogP contribution in [0.1, 0.15) is 23.2 Å². The summed E-state index contributed by atoms with van der Waals surface area (Å²) in [5.41, 5.74) is 0.386. The van der Waals surface area contributed by atoms with Gasteiger partial charge in [0, 0.05) is 24.3 Å². The van der Waals surface area contributed by atoms with Crippen LogP contribution in [0, 0.1) is 5.92 Å². The number of carbonyl (C=O) groups is 1. The molecule has 14 heavy (non-hydrogen) atoms. The number of hydrogen-bond donors (Lipinski definition) is 0. The lowest BCUT2D eigenvalue weighted by Crippen LogP contribution is -2.39. The fourth-order valence-corrected chi connectivity index (χ4v) is 2.47. The van der Waals surface area contributed by atoms with Crippen LogP contribution in [-0.4, -0.2) is 11.7 Å². The second kappa shape index (κ2) is 3.28. The molecule has 1 nitrogen and oxygen atoms in total. The molecule has 0 N–H and O–H groups in total. The number of alkyl halides is 2. The first kappa shape index (κ1) is 10.1. The lowest BCUT2D eigenvalue weighted by molar-refractivity contribution is -0.0982. The molecule has 0 aliphatic heterocycles. The predicted molar refractivity (Wildman–Crippen MR) is 51.3 cm³/mol. The molecule has 0 amide bonds. The standard InChI is InChI=1S/C9H7ClF2OS/c10-8-6(1-2-14-8)7(13)5-3-9(11,12)4-5/h1-2,5H,3-4H2. The van der Waals surface area contributed by atoms with Gasteiger partial charge < -0.3 is 0 Å². The van der Waals surface area contributed by atoms with E-state index in [0.29, 0.717) is 9.90 Å². The first-order chi connectivity index (χ1) is 6.49. The summed E-state index contributed by atoms with van der Waals surface area (Å²) in [6.45, 7) is 0. The van der Waals surface area contributed by atoms with E-state index in [1.54, 1.807) is 11.4 Å². The number of Topliss-reactive ketones (excluding diaryl/α,β-unsaturated/α-hetero) is 1. The van der Waals surface area contributed by atoms with Crippen molar-refractivity contribution in [2.24, 2.45) is 5.92 Å². The van der Waals surface area contributed by atoms with Gasteiger partial charge >= 0.3 is 0 Å². The minimum absolute atomic E-state index is 0.248.